The van der Waals surface area contributed by atoms with Crippen molar-refractivity contribution < 1.29 is 8.42 Å². The molecule has 0 atom stereocenters. The quantitative estimate of drug-likeness (QED) is 0.843. The second-order valence-electron chi connectivity index (χ2n) is 4.32. The van der Waals surface area contributed by atoms with Crippen molar-refractivity contribution in [2.45, 2.75) is 25.3 Å². The van der Waals surface area contributed by atoms with Gasteiger partial charge >= 0.3 is 0 Å². The van der Waals surface area contributed by atoms with Gasteiger partial charge in [-0.3, -0.25) is 0 Å². The molecule has 0 aliphatic heterocycles. The Morgan fingerprint density at radius 3 is 2.70 bits per heavy atom. The number of thiazole rings is 1. The van der Waals surface area contributed by atoms with Crippen molar-refractivity contribution in [3.05, 3.63) is 38.8 Å². The van der Waals surface area contributed by atoms with Gasteiger partial charge in [-0.25, -0.2) is 18.1 Å². The van der Waals surface area contributed by atoms with E-state index in [2.05, 4.69) is 9.71 Å². The molecule has 0 unspecified atom stereocenters. The Labute approximate surface area is 126 Å². The number of nitrogens with one attached hydrogen (secondary N) is 1. The van der Waals surface area contributed by atoms with Crippen molar-refractivity contribution in [2.24, 2.45) is 0 Å². The molecule has 0 bridgehead atoms. The van der Waals surface area contributed by atoms with Crippen LogP contribution >= 0.6 is 22.9 Å². The standard InChI is InChI=1S/C12H14ClN3O2S2/c1-7-3-10(13)11(14)4-12(7)20(17,18)15-5-9-6-19-8(2)16-9/h3-4,6,15H,5,14H2,1-2H3. The predicted octanol–water partition coefficient (Wildman–Crippen LogP) is 2.47. The number of sulfonamides is 1. The van der Waals surface area contributed by atoms with Crippen molar-refractivity contribution in [3.63, 3.8) is 0 Å². The molecule has 5 nitrogen and oxygen atoms in total. The number of rotatable bonds is 4. The average Bonchev–Trinajstić information content (AvgIpc) is 2.77. The normalized spacial score (nSPS) is 11.8. The van der Waals surface area contributed by atoms with Crippen molar-refractivity contribution in [2.75, 3.05) is 5.73 Å². The minimum absolute atomic E-state index is 0.131. The molecule has 108 valence electrons. The predicted molar refractivity (Wildman–Crippen MR) is 81.5 cm³/mol. The molecule has 2 aromatic rings. The summed E-state index contributed by atoms with van der Waals surface area (Å²) in [6.45, 7) is 3.69. The van der Waals surface area contributed by atoms with E-state index in [1.807, 2.05) is 12.3 Å². The summed E-state index contributed by atoms with van der Waals surface area (Å²) >= 11 is 7.34. The SMILES string of the molecule is Cc1nc(CNS(=O)(=O)c2cc(N)c(Cl)cc2C)cs1. The lowest BCUT2D eigenvalue weighted by molar-refractivity contribution is 0.580. The fourth-order valence-electron chi connectivity index (χ4n) is 1.69. The highest BCUT2D eigenvalue weighted by Crippen LogP contribution is 2.26. The van der Waals surface area contributed by atoms with E-state index in [9.17, 15) is 8.42 Å². The number of nitrogen functional groups attached to an aromatic ring is 1. The number of anilines is 1. The number of hydrogen-bond acceptors (Lipinski definition) is 5. The maximum atomic E-state index is 12.3. The minimum Gasteiger partial charge on any atom is -0.397 e. The van der Waals surface area contributed by atoms with E-state index in [1.54, 1.807) is 13.0 Å². The lowest BCUT2D eigenvalue weighted by Crippen LogP contribution is -2.24. The average molecular weight is 332 g/mol. The third-order valence-corrected chi connectivity index (χ3v) is 5.39. The van der Waals surface area contributed by atoms with E-state index < -0.39 is 10.0 Å². The zero-order chi connectivity index (χ0) is 14.9. The number of aromatic nitrogens is 1. The van der Waals surface area contributed by atoms with Crippen LogP contribution in [0.5, 0.6) is 0 Å². The van der Waals surface area contributed by atoms with Gasteiger partial charge in [0.25, 0.3) is 0 Å². The van der Waals surface area contributed by atoms with Crippen LogP contribution in [-0.2, 0) is 16.6 Å². The number of nitrogens with zero attached hydrogens (tertiary/aromatic N) is 1. The van der Waals surface area contributed by atoms with Gasteiger partial charge in [0.15, 0.2) is 0 Å². The number of benzene rings is 1. The number of aryl methyl sites for hydroxylation is 2. The van der Waals surface area contributed by atoms with E-state index in [4.69, 9.17) is 17.3 Å². The molecule has 0 saturated carbocycles. The summed E-state index contributed by atoms with van der Waals surface area (Å²) in [5.74, 6) is 0. The molecule has 1 aromatic carbocycles. The Morgan fingerprint density at radius 1 is 1.40 bits per heavy atom. The van der Waals surface area contributed by atoms with Crippen LogP contribution in [0.25, 0.3) is 0 Å². The molecule has 0 fully saturated rings. The van der Waals surface area contributed by atoms with Crippen LogP contribution in [0, 0.1) is 13.8 Å². The molecule has 0 spiro atoms. The Bertz CT molecular complexity index is 741. The molecule has 0 saturated heterocycles. The van der Waals surface area contributed by atoms with Gasteiger partial charge in [-0.2, -0.15) is 0 Å². The van der Waals surface area contributed by atoms with Crippen LogP contribution in [0.3, 0.4) is 0 Å². The van der Waals surface area contributed by atoms with E-state index in [0.29, 0.717) is 16.3 Å². The maximum Gasteiger partial charge on any atom is 0.241 e. The lowest BCUT2D eigenvalue weighted by Gasteiger charge is -2.10. The molecule has 3 N–H and O–H groups in total. The molecule has 0 radical (unpaired) electrons. The molecule has 1 aromatic heterocycles. The maximum absolute atomic E-state index is 12.3. The van der Waals surface area contributed by atoms with Crippen molar-refractivity contribution in [1.82, 2.24) is 9.71 Å². The van der Waals surface area contributed by atoms with Gasteiger partial charge < -0.3 is 5.73 Å². The molecule has 8 heteroatoms. The summed E-state index contributed by atoms with van der Waals surface area (Å²) in [7, 11) is -3.64. The van der Waals surface area contributed by atoms with Crippen molar-refractivity contribution in [3.8, 4) is 0 Å². The molecule has 0 amide bonds. The molecule has 20 heavy (non-hydrogen) atoms. The summed E-state index contributed by atoms with van der Waals surface area (Å²) in [6, 6.07) is 2.91. The van der Waals surface area contributed by atoms with E-state index in [-0.39, 0.29) is 17.1 Å². The van der Waals surface area contributed by atoms with Crippen molar-refractivity contribution >= 4 is 38.6 Å². The molecule has 2 rings (SSSR count). The van der Waals surface area contributed by atoms with Crippen LogP contribution in [0.1, 0.15) is 16.3 Å². The van der Waals surface area contributed by atoms with Gasteiger partial charge in [0.1, 0.15) is 0 Å². The zero-order valence-corrected chi connectivity index (χ0v) is 13.4. The topological polar surface area (TPSA) is 85.1 Å². The van der Waals surface area contributed by atoms with E-state index >= 15 is 0 Å². The second kappa shape index (κ2) is 5.69. The summed E-state index contributed by atoms with van der Waals surface area (Å²) < 4.78 is 27.0. The Kier molecular flexibility index (Phi) is 4.33. The van der Waals surface area contributed by atoms with E-state index in [1.165, 1.54) is 17.4 Å². The first-order chi connectivity index (χ1) is 9.29. The first-order valence-corrected chi connectivity index (χ1v) is 8.50. The minimum atomic E-state index is -3.64. The number of halogens is 1. The third-order valence-electron chi connectivity index (χ3n) is 2.69. The van der Waals surface area contributed by atoms with Gasteiger partial charge in [0.2, 0.25) is 10.0 Å². The summed E-state index contributed by atoms with van der Waals surface area (Å²) in [5.41, 5.74) is 7.14. The van der Waals surface area contributed by atoms with Gasteiger partial charge in [0, 0.05) is 5.38 Å². The van der Waals surface area contributed by atoms with Gasteiger partial charge in [0.05, 0.1) is 32.9 Å². The highest BCUT2D eigenvalue weighted by Gasteiger charge is 2.18. The van der Waals surface area contributed by atoms with Gasteiger partial charge in [-0.15, -0.1) is 11.3 Å². The van der Waals surface area contributed by atoms with Crippen LogP contribution in [0.15, 0.2) is 22.4 Å². The van der Waals surface area contributed by atoms with Crippen LogP contribution in [0.2, 0.25) is 5.02 Å². The van der Waals surface area contributed by atoms with Crippen molar-refractivity contribution in [1.29, 1.82) is 0 Å². The van der Waals surface area contributed by atoms with Crippen LogP contribution in [0.4, 0.5) is 5.69 Å². The third kappa shape index (κ3) is 3.29. The van der Waals surface area contributed by atoms with Crippen LogP contribution < -0.4 is 10.5 Å². The largest absolute Gasteiger partial charge is 0.397 e. The monoisotopic (exact) mass is 331 g/mol. The first-order valence-electron chi connectivity index (χ1n) is 5.76. The lowest BCUT2D eigenvalue weighted by atomic mass is 10.2. The summed E-state index contributed by atoms with van der Waals surface area (Å²) in [4.78, 5) is 4.34. The van der Waals surface area contributed by atoms with Gasteiger partial charge in [-0.05, 0) is 31.5 Å². The molecular weight excluding hydrogens is 318 g/mol. The summed E-state index contributed by atoms with van der Waals surface area (Å²) in [5, 5.41) is 3.06. The Morgan fingerprint density at radius 2 is 2.10 bits per heavy atom. The fraction of sp³-hybridized carbons (Fsp3) is 0.250. The van der Waals surface area contributed by atoms with Gasteiger partial charge in [-0.1, -0.05) is 11.6 Å². The fourth-order valence-corrected chi connectivity index (χ4v) is 3.78. The van der Waals surface area contributed by atoms with E-state index in [0.717, 1.165) is 5.01 Å². The zero-order valence-electron chi connectivity index (χ0n) is 11.0. The number of nitrogens with two attached hydrogens (primary N) is 1. The Balaban J connectivity index is 2.24. The molecule has 0 aliphatic rings. The highest BCUT2D eigenvalue weighted by molar-refractivity contribution is 7.89. The first kappa shape index (κ1) is 15.2. The smallest absolute Gasteiger partial charge is 0.241 e. The highest BCUT2D eigenvalue weighted by atomic mass is 35.5. The molecular formula is C12H14ClN3O2S2. The van der Waals surface area contributed by atoms with Crippen LogP contribution in [-0.4, -0.2) is 13.4 Å². The Hall–Kier alpha value is -1.15. The second-order valence-corrected chi connectivity index (χ2v) is 7.53. The summed E-state index contributed by atoms with van der Waals surface area (Å²) in [6.07, 6.45) is 0. The molecule has 0 aliphatic carbocycles. The number of hydrogen-bond donors (Lipinski definition) is 2. The molecule has 1 heterocycles.